The van der Waals surface area contributed by atoms with Crippen molar-refractivity contribution in [1.82, 2.24) is 14.7 Å². The summed E-state index contributed by atoms with van der Waals surface area (Å²) in [7, 11) is 0. The van der Waals surface area contributed by atoms with Gasteiger partial charge in [-0.2, -0.15) is 10.4 Å². The third kappa shape index (κ3) is 3.10. The molecule has 1 aromatic heterocycles. The fourth-order valence-corrected chi connectivity index (χ4v) is 4.34. The van der Waals surface area contributed by atoms with Gasteiger partial charge in [0.2, 0.25) is 0 Å². The summed E-state index contributed by atoms with van der Waals surface area (Å²) in [6, 6.07) is 10.4. The van der Waals surface area contributed by atoms with E-state index in [1.165, 1.54) is 49.9 Å². The molecule has 0 bridgehead atoms. The van der Waals surface area contributed by atoms with E-state index in [0.717, 1.165) is 31.0 Å². The van der Waals surface area contributed by atoms with Crippen molar-refractivity contribution in [2.75, 3.05) is 25.0 Å². The molecular weight excluding hydrogens is 322 g/mol. The Hall–Kier alpha value is -2.32. The Balaban J connectivity index is 1.79. The average molecular weight is 349 g/mol. The molecular formula is C21H27N5. The lowest BCUT2D eigenvalue weighted by Crippen LogP contribution is -2.33. The average Bonchev–Trinajstić information content (AvgIpc) is 2.88. The predicted molar refractivity (Wildman–Crippen MR) is 104 cm³/mol. The smallest absolute Gasteiger partial charge is 0.133 e. The molecule has 2 aliphatic rings. The van der Waals surface area contributed by atoms with Crippen molar-refractivity contribution < 1.29 is 0 Å². The number of benzene rings is 1. The minimum Gasteiger partial charge on any atom is -0.370 e. The minimum absolute atomic E-state index is 0.432. The number of hydrogen-bond acceptors (Lipinski definition) is 4. The number of anilines is 1. The molecule has 5 nitrogen and oxygen atoms in total. The van der Waals surface area contributed by atoms with Crippen LogP contribution in [0.3, 0.4) is 0 Å². The molecule has 1 aromatic carbocycles. The van der Waals surface area contributed by atoms with Crippen LogP contribution in [0.15, 0.2) is 24.3 Å². The van der Waals surface area contributed by atoms with Crippen LogP contribution in [0, 0.1) is 11.3 Å². The summed E-state index contributed by atoms with van der Waals surface area (Å²) in [5.74, 6) is 1.16. The molecule has 1 N–H and O–H groups in total. The Labute approximate surface area is 155 Å². The van der Waals surface area contributed by atoms with E-state index in [2.05, 4.69) is 27.9 Å². The van der Waals surface area contributed by atoms with Crippen molar-refractivity contribution in [2.24, 2.45) is 0 Å². The first kappa shape index (κ1) is 17.1. The van der Waals surface area contributed by atoms with Gasteiger partial charge in [0, 0.05) is 12.1 Å². The highest BCUT2D eigenvalue weighted by atomic mass is 15.4. The van der Waals surface area contributed by atoms with Crippen LogP contribution in [0.5, 0.6) is 0 Å². The molecule has 0 radical (unpaired) electrons. The van der Waals surface area contributed by atoms with Gasteiger partial charge in [0.05, 0.1) is 29.1 Å². The maximum absolute atomic E-state index is 9.07. The number of hydrogen-bond donors (Lipinski definition) is 1. The van der Waals surface area contributed by atoms with E-state index in [1.54, 1.807) is 0 Å². The van der Waals surface area contributed by atoms with Gasteiger partial charge in [-0.15, -0.1) is 0 Å². The maximum Gasteiger partial charge on any atom is 0.133 e. The number of fused-ring (bicyclic) bond motifs is 1. The fraction of sp³-hybridized carbons (Fsp3) is 0.524. The summed E-state index contributed by atoms with van der Waals surface area (Å²) >= 11 is 0. The second-order valence-electron chi connectivity index (χ2n) is 7.31. The Morgan fingerprint density at radius 2 is 2.04 bits per heavy atom. The second kappa shape index (κ2) is 7.51. The normalized spacial score (nSPS) is 20.7. The molecule has 0 aliphatic carbocycles. The number of nitrogens with one attached hydrogen (secondary N) is 1. The first-order chi connectivity index (χ1) is 12.8. The quantitative estimate of drug-likeness (QED) is 0.908. The van der Waals surface area contributed by atoms with Crippen LogP contribution in [0.25, 0.3) is 5.69 Å². The van der Waals surface area contributed by atoms with Crippen molar-refractivity contribution in [3.05, 3.63) is 41.1 Å². The fourth-order valence-electron chi connectivity index (χ4n) is 4.34. The van der Waals surface area contributed by atoms with Crippen molar-refractivity contribution in [3.8, 4) is 11.8 Å². The van der Waals surface area contributed by atoms with Gasteiger partial charge in [0.1, 0.15) is 5.82 Å². The van der Waals surface area contributed by atoms with E-state index >= 15 is 0 Å². The molecule has 5 heteroatoms. The minimum atomic E-state index is 0.432. The zero-order valence-electron chi connectivity index (χ0n) is 15.5. The van der Waals surface area contributed by atoms with Crippen LogP contribution in [-0.2, 0) is 6.42 Å². The number of aromatic nitrogens is 2. The Bertz CT molecular complexity index is 799. The highest BCUT2D eigenvalue weighted by molar-refractivity contribution is 5.55. The number of nitrogens with zero attached hydrogens (tertiary/aromatic N) is 4. The van der Waals surface area contributed by atoms with E-state index in [-0.39, 0.29) is 0 Å². The molecule has 2 aliphatic heterocycles. The molecule has 0 amide bonds. The standard InChI is InChI=1S/C21H27N5/c1-2-25-14-6-4-8-19(25)20-18-7-3-5-13-23-21(18)26(24-20)17-11-9-16(15-22)10-12-17/h9-12,19,23H,2-8,13-14H2,1H3. The molecule has 1 atom stereocenters. The molecule has 1 fully saturated rings. The Morgan fingerprint density at radius 1 is 1.19 bits per heavy atom. The van der Waals surface area contributed by atoms with E-state index in [4.69, 9.17) is 10.4 Å². The maximum atomic E-state index is 9.07. The molecule has 0 spiro atoms. The monoisotopic (exact) mass is 349 g/mol. The molecule has 1 unspecified atom stereocenters. The van der Waals surface area contributed by atoms with Crippen LogP contribution >= 0.6 is 0 Å². The highest BCUT2D eigenvalue weighted by Gasteiger charge is 2.30. The number of piperidine rings is 1. The van der Waals surface area contributed by atoms with Crippen LogP contribution in [0.4, 0.5) is 5.82 Å². The van der Waals surface area contributed by atoms with E-state index in [9.17, 15) is 0 Å². The number of rotatable bonds is 3. The third-order valence-corrected chi connectivity index (χ3v) is 5.74. The zero-order chi connectivity index (χ0) is 17.9. The Kier molecular flexibility index (Phi) is 4.94. The van der Waals surface area contributed by atoms with Gasteiger partial charge in [-0.3, -0.25) is 4.90 Å². The summed E-state index contributed by atoms with van der Waals surface area (Å²) in [4.78, 5) is 2.58. The number of likely N-dealkylation sites (tertiary alicyclic amines) is 1. The molecule has 3 heterocycles. The second-order valence-corrected chi connectivity index (χ2v) is 7.31. The van der Waals surface area contributed by atoms with E-state index in [0.29, 0.717) is 11.6 Å². The highest BCUT2D eigenvalue weighted by Crippen LogP contribution is 2.37. The van der Waals surface area contributed by atoms with Crippen molar-refractivity contribution in [1.29, 1.82) is 5.26 Å². The van der Waals surface area contributed by atoms with Gasteiger partial charge in [0.15, 0.2) is 0 Å². The first-order valence-corrected chi connectivity index (χ1v) is 9.92. The number of nitriles is 1. The van der Waals surface area contributed by atoms with Crippen LogP contribution in [-0.4, -0.2) is 34.3 Å². The first-order valence-electron chi connectivity index (χ1n) is 9.92. The summed E-state index contributed by atoms with van der Waals surface area (Å²) in [6.07, 6.45) is 7.29. The molecule has 136 valence electrons. The van der Waals surface area contributed by atoms with Crippen LogP contribution in [0.1, 0.15) is 61.9 Å². The lowest BCUT2D eigenvalue weighted by molar-refractivity contribution is 0.152. The van der Waals surface area contributed by atoms with Crippen LogP contribution < -0.4 is 5.32 Å². The van der Waals surface area contributed by atoms with Gasteiger partial charge in [-0.05, 0) is 69.5 Å². The van der Waals surface area contributed by atoms with Crippen molar-refractivity contribution in [3.63, 3.8) is 0 Å². The zero-order valence-corrected chi connectivity index (χ0v) is 15.5. The predicted octanol–water partition coefficient (Wildman–Crippen LogP) is 4.04. The summed E-state index contributed by atoms with van der Waals surface area (Å²) in [6.45, 7) is 5.51. The molecule has 0 saturated carbocycles. The van der Waals surface area contributed by atoms with Gasteiger partial charge in [0.25, 0.3) is 0 Å². The lowest BCUT2D eigenvalue weighted by atomic mass is 9.95. The molecule has 26 heavy (non-hydrogen) atoms. The SMILES string of the molecule is CCN1CCCCC1c1nn(-c2ccc(C#N)cc2)c2c1CCCCN2. The molecule has 2 aromatic rings. The largest absolute Gasteiger partial charge is 0.370 e. The van der Waals surface area contributed by atoms with Gasteiger partial charge in [-0.1, -0.05) is 13.3 Å². The summed E-state index contributed by atoms with van der Waals surface area (Å²) in [5, 5.41) is 17.8. The van der Waals surface area contributed by atoms with E-state index in [1.807, 2.05) is 24.3 Å². The van der Waals surface area contributed by atoms with Gasteiger partial charge >= 0.3 is 0 Å². The topological polar surface area (TPSA) is 56.9 Å². The summed E-state index contributed by atoms with van der Waals surface area (Å²) < 4.78 is 2.07. The molecule has 4 rings (SSSR count). The van der Waals surface area contributed by atoms with Crippen molar-refractivity contribution >= 4 is 5.82 Å². The summed E-state index contributed by atoms with van der Waals surface area (Å²) in [5.41, 5.74) is 4.38. The lowest BCUT2D eigenvalue weighted by Gasteiger charge is -2.34. The van der Waals surface area contributed by atoms with Gasteiger partial charge in [-0.25, -0.2) is 4.68 Å². The third-order valence-electron chi connectivity index (χ3n) is 5.74. The Morgan fingerprint density at radius 3 is 2.81 bits per heavy atom. The van der Waals surface area contributed by atoms with Crippen molar-refractivity contribution in [2.45, 2.75) is 51.5 Å². The van der Waals surface area contributed by atoms with Crippen LogP contribution in [0.2, 0.25) is 0 Å². The van der Waals surface area contributed by atoms with E-state index < -0.39 is 0 Å². The molecule has 1 saturated heterocycles. The van der Waals surface area contributed by atoms with Gasteiger partial charge < -0.3 is 5.32 Å².